The molecule has 4 heteroatoms. The van der Waals surface area contributed by atoms with Gasteiger partial charge in [0.15, 0.2) is 23.0 Å². The lowest BCUT2D eigenvalue weighted by molar-refractivity contribution is 0.171. The van der Waals surface area contributed by atoms with Gasteiger partial charge in [0.1, 0.15) is 13.2 Å². The summed E-state index contributed by atoms with van der Waals surface area (Å²) >= 11 is 0. The summed E-state index contributed by atoms with van der Waals surface area (Å²) < 4.78 is 20.7. The molecule has 0 spiro atoms. The molecule has 0 aromatic heterocycles. The van der Waals surface area contributed by atoms with Crippen LogP contribution in [0.5, 0.6) is 23.0 Å². The molecule has 2 aliphatic rings. The SMILES string of the molecule is CC.CC.CC(C)(C)C.CC(C)(C)C.c1ccc2c(c1)OCCO2.c1ccc2c(c1)OCO2. The van der Waals surface area contributed by atoms with Gasteiger partial charge in [-0.25, -0.2) is 0 Å². The second kappa shape index (κ2) is 18.1. The van der Waals surface area contributed by atoms with Crippen molar-refractivity contribution in [1.82, 2.24) is 0 Å². The van der Waals surface area contributed by atoms with Crippen molar-refractivity contribution in [3.05, 3.63) is 48.5 Å². The van der Waals surface area contributed by atoms with Crippen molar-refractivity contribution in [2.24, 2.45) is 10.8 Å². The first-order valence-corrected chi connectivity index (χ1v) is 12.1. The third-order valence-electron chi connectivity index (χ3n) is 2.73. The van der Waals surface area contributed by atoms with Crippen LogP contribution >= 0.6 is 0 Å². The molecule has 33 heavy (non-hydrogen) atoms. The number of rotatable bonds is 0. The molecule has 0 N–H and O–H groups in total. The van der Waals surface area contributed by atoms with Crippen LogP contribution in [0.2, 0.25) is 0 Å². The van der Waals surface area contributed by atoms with E-state index in [1.807, 2.05) is 76.2 Å². The molecule has 2 aromatic rings. The lowest BCUT2D eigenvalue weighted by Crippen LogP contribution is -2.14. The topological polar surface area (TPSA) is 36.9 Å². The highest BCUT2D eigenvalue weighted by molar-refractivity contribution is 5.41. The fraction of sp³-hybridized carbons (Fsp3) is 0.586. The Morgan fingerprint density at radius 3 is 0.909 bits per heavy atom. The van der Waals surface area contributed by atoms with Gasteiger partial charge in [0.2, 0.25) is 6.79 Å². The average Bonchev–Trinajstić information content (AvgIpc) is 3.24. The van der Waals surface area contributed by atoms with Crippen molar-refractivity contribution in [1.29, 1.82) is 0 Å². The van der Waals surface area contributed by atoms with E-state index in [0.29, 0.717) is 30.8 Å². The van der Waals surface area contributed by atoms with Crippen molar-refractivity contribution >= 4 is 0 Å². The molecule has 2 heterocycles. The molecule has 0 amide bonds. The molecule has 0 aliphatic carbocycles. The summed E-state index contributed by atoms with van der Waals surface area (Å²) in [7, 11) is 0. The molecule has 0 atom stereocenters. The van der Waals surface area contributed by atoms with Crippen LogP contribution in [0, 0.1) is 10.8 Å². The molecule has 4 nitrogen and oxygen atoms in total. The zero-order valence-electron chi connectivity index (χ0n) is 23.4. The largest absolute Gasteiger partial charge is 0.486 e. The highest BCUT2D eigenvalue weighted by Gasteiger charge is 2.09. The van der Waals surface area contributed by atoms with Gasteiger partial charge >= 0.3 is 0 Å². The predicted molar refractivity (Wildman–Crippen MR) is 143 cm³/mol. The van der Waals surface area contributed by atoms with Gasteiger partial charge < -0.3 is 18.9 Å². The number of fused-ring (bicyclic) bond motifs is 2. The van der Waals surface area contributed by atoms with Gasteiger partial charge in [0.25, 0.3) is 0 Å². The van der Waals surface area contributed by atoms with Crippen molar-refractivity contribution in [3.8, 4) is 23.0 Å². The van der Waals surface area contributed by atoms with Gasteiger partial charge in [-0.15, -0.1) is 0 Å². The standard InChI is InChI=1S/C8H8O2.C7H6O2.2C5H12.2C2H6/c1-2-4-8-7(3-1)9-5-6-10-8;1-2-4-7-6(3-1)8-5-9-7;2*1-5(2,3)4;2*1-2/h1-4H,5-6H2;1-4H,5H2;2*1-4H3;2*1-2H3. The van der Waals surface area contributed by atoms with E-state index < -0.39 is 0 Å². The summed E-state index contributed by atoms with van der Waals surface area (Å²) in [5.74, 6) is 3.40. The molecular formula is C29H50O4. The minimum Gasteiger partial charge on any atom is -0.486 e. The Labute approximate surface area is 204 Å². The molecule has 0 saturated heterocycles. The maximum atomic E-state index is 5.30. The first kappa shape index (κ1) is 32.8. The van der Waals surface area contributed by atoms with Crippen LogP contribution < -0.4 is 18.9 Å². The maximum Gasteiger partial charge on any atom is 0.231 e. The van der Waals surface area contributed by atoms with Crippen LogP contribution in [0.15, 0.2) is 48.5 Å². The Bertz CT molecular complexity index is 640. The molecule has 0 radical (unpaired) electrons. The molecule has 2 aliphatic heterocycles. The van der Waals surface area contributed by atoms with Gasteiger partial charge in [-0.3, -0.25) is 0 Å². The summed E-state index contributed by atoms with van der Waals surface area (Å²) in [6.45, 7) is 27.2. The normalized spacial score (nSPS) is 12.2. The van der Waals surface area contributed by atoms with E-state index in [1.54, 1.807) is 0 Å². The Kier molecular flexibility index (Phi) is 18.0. The van der Waals surface area contributed by atoms with Crippen LogP contribution in [0.25, 0.3) is 0 Å². The smallest absolute Gasteiger partial charge is 0.231 e. The van der Waals surface area contributed by atoms with Crippen LogP contribution in [0.1, 0.15) is 83.1 Å². The van der Waals surface area contributed by atoms with Crippen LogP contribution in [-0.4, -0.2) is 20.0 Å². The summed E-state index contributed by atoms with van der Waals surface area (Å²) in [6, 6.07) is 15.3. The van der Waals surface area contributed by atoms with Crippen molar-refractivity contribution in [2.75, 3.05) is 20.0 Å². The molecule has 0 bridgehead atoms. The molecule has 0 saturated carbocycles. The fourth-order valence-electron chi connectivity index (χ4n) is 1.84. The number of para-hydroxylation sites is 4. The van der Waals surface area contributed by atoms with Gasteiger partial charge in [-0.05, 0) is 35.1 Å². The highest BCUT2D eigenvalue weighted by atomic mass is 16.7. The van der Waals surface area contributed by atoms with E-state index in [9.17, 15) is 0 Å². The molecule has 4 rings (SSSR count). The van der Waals surface area contributed by atoms with E-state index in [4.69, 9.17) is 18.9 Å². The third-order valence-corrected chi connectivity index (χ3v) is 2.73. The van der Waals surface area contributed by atoms with Gasteiger partial charge in [-0.1, -0.05) is 107 Å². The lowest BCUT2D eigenvalue weighted by Gasteiger charge is -2.17. The average molecular weight is 463 g/mol. The Hall–Kier alpha value is -2.36. The minimum atomic E-state index is 0.360. The number of benzene rings is 2. The van der Waals surface area contributed by atoms with E-state index in [0.717, 1.165) is 23.0 Å². The van der Waals surface area contributed by atoms with Crippen molar-refractivity contribution in [2.45, 2.75) is 83.1 Å². The van der Waals surface area contributed by atoms with E-state index in [-0.39, 0.29) is 0 Å². The first-order chi connectivity index (χ1) is 15.4. The number of ether oxygens (including phenoxy) is 4. The summed E-state index contributed by atoms with van der Waals surface area (Å²) in [6.07, 6.45) is 0. The summed E-state index contributed by atoms with van der Waals surface area (Å²) in [5, 5.41) is 0. The van der Waals surface area contributed by atoms with E-state index in [1.165, 1.54) is 0 Å². The first-order valence-electron chi connectivity index (χ1n) is 12.1. The van der Waals surface area contributed by atoms with Crippen molar-refractivity contribution < 1.29 is 18.9 Å². The zero-order chi connectivity index (χ0) is 25.9. The fourth-order valence-corrected chi connectivity index (χ4v) is 1.84. The number of hydrogen-bond acceptors (Lipinski definition) is 4. The summed E-state index contributed by atoms with van der Waals surface area (Å²) in [4.78, 5) is 0. The second-order valence-corrected chi connectivity index (χ2v) is 10.00. The lowest BCUT2D eigenvalue weighted by atomic mass is 10.0. The minimum absolute atomic E-state index is 0.360. The van der Waals surface area contributed by atoms with Crippen LogP contribution in [-0.2, 0) is 0 Å². The Balaban J connectivity index is 0. The monoisotopic (exact) mass is 462 g/mol. The van der Waals surface area contributed by atoms with E-state index in [2.05, 4.69) is 55.4 Å². The zero-order valence-corrected chi connectivity index (χ0v) is 23.4. The molecule has 0 fully saturated rings. The molecule has 0 unspecified atom stereocenters. The van der Waals surface area contributed by atoms with E-state index >= 15 is 0 Å². The van der Waals surface area contributed by atoms with Crippen LogP contribution in [0.3, 0.4) is 0 Å². The molecular weight excluding hydrogens is 412 g/mol. The molecule has 2 aromatic carbocycles. The Morgan fingerprint density at radius 1 is 0.455 bits per heavy atom. The van der Waals surface area contributed by atoms with Gasteiger partial charge in [-0.2, -0.15) is 0 Å². The predicted octanol–water partition coefficient (Wildman–Crippen LogP) is 9.03. The Morgan fingerprint density at radius 2 is 0.667 bits per heavy atom. The maximum absolute atomic E-state index is 5.30. The second-order valence-electron chi connectivity index (χ2n) is 10.00. The molecule has 190 valence electrons. The van der Waals surface area contributed by atoms with Crippen molar-refractivity contribution in [3.63, 3.8) is 0 Å². The summed E-state index contributed by atoms with van der Waals surface area (Å²) in [5.41, 5.74) is 1.00. The number of hydrogen-bond donors (Lipinski definition) is 0. The van der Waals surface area contributed by atoms with Gasteiger partial charge in [0, 0.05) is 0 Å². The third kappa shape index (κ3) is 21.3. The quantitative estimate of drug-likeness (QED) is 0.391. The highest BCUT2D eigenvalue weighted by Crippen LogP contribution is 2.30. The van der Waals surface area contributed by atoms with Gasteiger partial charge in [0.05, 0.1) is 0 Å². The van der Waals surface area contributed by atoms with Crippen LogP contribution in [0.4, 0.5) is 0 Å².